The Hall–Kier alpha value is -2.03. The predicted octanol–water partition coefficient (Wildman–Crippen LogP) is 3.83. The highest BCUT2D eigenvalue weighted by atomic mass is 32.1. The van der Waals surface area contributed by atoms with E-state index in [9.17, 15) is 9.90 Å². The molecule has 27 heavy (non-hydrogen) atoms. The average molecular weight is 403 g/mol. The zero-order valence-electron chi connectivity index (χ0n) is 15.3. The SMILES string of the molecule is Cc1c(C(=O)N2CCC(O)CC2)sc2ncnc(NC(C)c3cccs3)c12. The van der Waals surface area contributed by atoms with Crippen LogP contribution in [0.1, 0.15) is 45.9 Å². The fraction of sp³-hybridized carbons (Fsp3) is 0.421. The number of hydrogen-bond acceptors (Lipinski definition) is 7. The maximum Gasteiger partial charge on any atom is 0.264 e. The first-order valence-corrected chi connectivity index (χ1v) is 10.8. The van der Waals surface area contributed by atoms with Gasteiger partial charge in [-0.2, -0.15) is 0 Å². The molecule has 1 aliphatic rings. The molecule has 0 aliphatic carbocycles. The monoisotopic (exact) mass is 402 g/mol. The van der Waals surface area contributed by atoms with Crippen molar-refractivity contribution in [1.29, 1.82) is 0 Å². The molecule has 6 nitrogen and oxygen atoms in total. The van der Waals surface area contributed by atoms with Crippen molar-refractivity contribution in [3.05, 3.63) is 39.2 Å². The van der Waals surface area contributed by atoms with Gasteiger partial charge >= 0.3 is 0 Å². The summed E-state index contributed by atoms with van der Waals surface area (Å²) in [6.45, 7) is 5.27. The second kappa shape index (κ2) is 7.53. The summed E-state index contributed by atoms with van der Waals surface area (Å²) in [5, 5.41) is 16.1. The number of carbonyl (C=O) groups is 1. The maximum atomic E-state index is 13.0. The van der Waals surface area contributed by atoms with Crippen molar-refractivity contribution in [2.45, 2.75) is 38.8 Å². The van der Waals surface area contributed by atoms with Gasteiger partial charge in [-0.05, 0) is 43.7 Å². The van der Waals surface area contributed by atoms with Crippen LogP contribution in [0.4, 0.5) is 5.82 Å². The molecular formula is C19H22N4O2S2. The van der Waals surface area contributed by atoms with Gasteiger partial charge in [-0.1, -0.05) is 6.07 Å². The molecule has 0 aromatic carbocycles. The molecule has 142 valence electrons. The van der Waals surface area contributed by atoms with Crippen molar-refractivity contribution in [3.8, 4) is 0 Å². The molecule has 1 fully saturated rings. The summed E-state index contributed by atoms with van der Waals surface area (Å²) in [7, 11) is 0. The number of nitrogens with one attached hydrogen (secondary N) is 1. The van der Waals surface area contributed by atoms with E-state index in [-0.39, 0.29) is 18.1 Å². The molecule has 0 spiro atoms. The number of likely N-dealkylation sites (tertiary alicyclic amines) is 1. The third-order valence-electron chi connectivity index (χ3n) is 5.00. The second-order valence-electron chi connectivity index (χ2n) is 6.86. The predicted molar refractivity (Wildman–Crippen MR) is 110 cm³/mol. The molecule has 1 unspecified atom stereocenters. The van der Waals surface area contributed by atoms with Gasteiger partial charge in [0, 0.05) is 18.0 Å². The van der Waals surface area contributed by atoms with Crippen molar-refractivity contribution in [1.82, 2.24) is 14.9 Å². The number of piperidine rings is 1. The lowest BCUT2D eigenvalue weighted by atomic mass is 10.1. The minimum atomic E-state index is -0.294. The summed E-state index contributed by atoms with van der Waals surface area (Å²) in [4.78, 5) is 26.4. The third kappa shape index (κ3) is 3.56. The molecule has 1 aliphatic heterocycles. The number of aliphatic hydroxyl groups excluding tert-OH is 1. The number of carbonyl (C=O) groups excluding carboxylic acids is 1. The zero-order chi connectivity index (χ0) is 19.0. The van der Waals surface area contributed by atoms with Gasteiger partial charge in [-0.15, -0.1) is 22.7 Å². The Bertz CT molecular complexity index is 946. The van der Waals surface area contributed by atoms with Crippen molar-refractivity contribution >= 4 is 44.6 Å². The normalized spacial score (nSPS) is 16.6. The van der Waals surface area contributed by atoms with E-state index in [1.807, 2.05) is 17.9 Å². The summed E-state index contributed by atoms with van der Waals surface area (Å²) >= 11 is 3.13. The fourth-order valence-electron chi connectivity index (χ4n) is 3.41. The number of thiophene rings is 2. The lowest BCUT2D eigenvalue weighted by Crippen LogP contribution is -2.39. The van der Waals surface area contributed by atoms with E-state index < -0.39 is 0 Å². The number of fused-ring (bicyclic) bond motifs is 1. The van der Waals surface area contributed by atoms with Crippen LogP contribution in [0.5, 0.6) is 0 Å². The van der Waals surface area contributed by atoms with Crippen LogP contribution in [0.15, 0.2) is 23.8 Å². The Kier molecular flexibility index (Phi) is 5.12. The lowest BCUT2D eigenvalue weighted by molar-refractivity contribution is 0.0550. The Labute approximate surface area is 165 Å². The first-order chi connectivity index (χ1) is 13.0. The minimum absolute atomic E-state index is 0.0275. The molecule has 2 N–H and O–H groups in total. The van der Waals surface area contributed by atoms with Gasteiger partial charge in [0.15, 0.2) is 0 Å². The van der Waals surface area contributed by atoms with E-state index in [0.29, 0.717) is 30.8 Å². The largest absolute Gasteiger partial charge is 0.393 e. The van der Waals surface area contributed by atoms with Gasteiger partial charge < -0.3 is 15.3 Å². The number of anilines is 1. The number of amides is 1. The molecule has 3 aromatic heterocycles. The van der Waals surface area contributed by atoms with E-state index in [1.165, 1.54) is 16.2 Å². The van der Waals surface area contributed by atoms with Crippen molar-refractivity contribution in [3.63, 3.8) is 0 Å². The topological polar surface area (TPSA) is 78.4 Å². The molecule has 3 aromatic rings. The second-order valence-corrected chi connectivity index (χ2v) is 8.84. The van der Waals surface area contributed by atoms with Crippen molar-refractivity contribution < 1.29 is 9.90 Å². The molecule has 4 heterocycles. The standard InChI is InChI=1S/C19H22N4O2S2/c1-11-15-17(22-12(2)14-4-3-9-26-14)20-10-21-18(15)27-16(11)19(25)23-7-5-13(24)6-8-23/h3-4,9-10,12-13,24H,5-8H2,1-2H3,(H,20,21,22). The van der Waals surface area contributed by atoms with E-state index in [4.69, 9.17) is 0 Å². The Morgan fingerprint density at radius 3 is 2.85 bits per heavy atom. The van der Waals surface area contributed by atoms with E-state index in [2.05, 4.69) is 33.7 Å². The molecule has 1 amide bonds. The number of nitrogens with zero attached hydrogens (tertiary/aromatic N) is 3. The number of rotatable bonds is 4. The first-order valence-electron chi connectivity index (χ1n) is 9.06. The summed E-state index contributed by atoms with van der Waals surface area (Å²) < 4.78 is 0. The third-order valence-corrected chi connectivity index (χ3v) is 7.24. The average Bonchev–Trinajstić information content (AvgIpc) is 3.31. The Morgan fingerprint density at radius 1 is 1.37 bits per heavy atom. The Balaban J connectivity index is 1.64. The summed E-state index contributed by atoms with van der Waals surface area (Å²) in [5.41, 5.74) is 0.924. The van der Waals surface area contributed by atoms with Crippen LogP contribution >= 0.6 is 22.7 Å². The lowest BCUT2D eigenvalue weighted by Gasteiger charge is -2.29. The molecular weight excluding hydrogens is 380 g/mol. The maximum absolute atomic E-state index is 13.0. The number of aryl methyl sites for hydroxylation is 1. The van der Waals surface area contributed by atoms with Crippen LogP contribution in [0.25, 0.3) is 10.2 Å². The number of hydrogen-bond donors (Lipinski definition) is 2. The first kappa shape index (κ1) is 18.3. The van der Waals surface area contributed by atoms with Gasteiger partial charge in [0.1, 0.15) is 17.0 Å². The molecule has 8 heteroatoms. The summed E-state index contributed by atoms with van der Waals surface area (Å²) in [6, 6.07) is 4.27. The van der Waals surface area contributed by atoms with Crippen LogP contribution in [0.2, 0.25) is 0 Å². The van der Waals surface area contributed by atoms with Crippen LogP contribution in [0, 0.1) is 6.92 Å². The molecule has 1 saturated heterocycles. The van der Waals surface area contributed by atoms with E-state index in [0.717, 1.165) is 21.6 Å². The highest BCUT2D eigenvalue weighted by Crippen LogP contribution is 2.36. The minimum Gasteiger partial charge on any atom is -0.393 e. The molecule has 0 bridgehead atoms. The fourth-order valence-corrected chi connectivity index (χ4v) is 5.26. The molecule has 1 atom stereocenters. The quantitative estimate of drug-likeness (QED) is 0.693. The highest BCUT2D eigenvalue weighted by molar-refractivity contribution is 7.20. The highest BCUT2D eigenvalue weighted by Gasteiger charge is 2.27. The van der Waals surface area contributed by atoms with Crippen LogP contribution in [0.3, 0.4) is 0 Å². The van der Waals surface area contributed by atoms with Crippen LogP contribution in [-0.4, -0.2) is 45.1 Å². The molecule has 4 rings (SSSR count). The van der Waals surface area contributed by atoms with Gasteiger partial charge in [-0.3, -0.25) is 4.79 Å². The number of aliphatic hydroxyl groups is 1. The van der Waals surface area contributed by atoms with Gasteiger partial charge in [0.2, 0.25) is 0 Å². The summed E-state index contributed by atoms with van der Waals surface area (Å²) in [6.07, 6.45) is 2.53. The van der Waals surface area contributed by atoms with Crippen molar-refractivity contribution in [2.75, 3.05) is 18.4 Å². The van der Waals surface area contributed by atoms with Gasteiger partial charge in [-0.25, -0.2) is 9.97 Å². The van der Waals surface area contributed by atoms with Gasteiger partial charge in [0.25, 0.3) is 5.91 Å². The smallest absolute Gasteiger partial charge is 0.264 e. The van der Waals surface area contributed by atoms with E-state index in [1.54, 1.807) is 17.7 Å². The number of aromatic nitrogens is 2. The van der Waals surface area contributed by atoms with Crippen LogP contribution < -0.4 is 5.32 Å². The van der Waals surface area contributed by atoms with Crippen LogP contribution in [-0.2, 0) is 0 Å². The van der Waals surface area contributed by atoms with Gasteiger partial charge in [0.05, 0.1) is 22.4 Å². The van der Waals surface area contributed by atoms with E-state index >= 15 is 0 Å². The molecule has 0 radical (unpaired) electrons. The zero-order valence-corrected chi connectivity index (χ0v) is 16.9. The Morgan fingerprint density at radius 2 is 2.15 bits per heavy atom. The van der Waals surface area contributed by atoms with Crippen molar-refractivity contribution in [2.24, 2.45) is 0 Å². The summed E-state index contributed by atoms with van der Waals surface area (Å²) in [5.74, 6) is 0.794. The molecule has 0 saturated carbocycles.